The van der Waals surface area contributed by atoms with Crippen molar-refractivity contribution in [2.45, 2.75) is 35.3 Å². The molecule has 116 valence electrons. The van der Waals surface area contributed by atoms with Gasteiger partial charge in [0.1, 0.15) is 0 Å². The van der Waals surface area contributed by atoms with Crippen LogP contribution < -0.4 is 0 Å². The van der Waals surface area contributed by atoms with Gasteiger partial charge in [-0.3, -0.25) is 0 Å². The van der Waals surface area contributed by atoms with Gasteiger partial charge in [-0.05, 0) is 42.7 Å². The smallest absolute Gasteiger partial charge is 0.385 e. The zero-order valence-electron chi connectivity index (χ0n) is 11.9. The Morgan fingerprint density at radius 3 is 2.36 bits per heavy atom. The van der Waals surface area contributed by atoms with Crippen molar-refractivity contribution in [3.63, 3.8) is 0 Å². The number of alkyl halides is 3. The highest BCUT2D eigenvalue weighted by atomic mass is 32.2. The van der Waals surface area contributed by atoms with Crippen LogP contribution in [0.1, 0.15) is 35.3 Å². The van der Waals surface area contributed by atoms with Gasteiger partial charge in [-0.15, -0.1) is 11.8 Å². The van der Waals surface area contributed by atoms with Gasteiger partial charge >= 0.3 is 6.18 Å². The van der Waals surface area contributed by atoms with Gasteiger partial charge in [-0.25, -0.2) is 0 Å². The standard InChI is InChI=1S/C17H15F3OS/c1-16(21)10-15(22-14-5-3-2-4-13(14)16)11-6-8-12(9-7-11)17(18,19)20/h2-9,15,21H,10H2,1H3/t15-,16-/m1/s1. The maximum atomic E-state index is 12.6. The van der Waals surface area contributed by atoms with E-state index in [2.05, 4.69) is 0 Å². The lowest BCUT2D eigenvalue weighted by Crippen LogP contribution is -2.27. The lowest BCUT2D eigenvalue weighted by molar-refractivity contribution is -0.137. The molecule has 5 heteroatoms. The topological polar surface area (TPSA) is 20.2 Å². The molecule has 1 aliphatic rings. The van der Waals surface area contributed by atoms with E-state index in [1.54, 1.807) is 18.7 Å². The number of thioether (sulfide) groups is 1. The SMILES string of the molecule is C[C@@]1(O)C[C@H](c2ccc(C(F)(F)F)cc2)Sc2ccccc21. The zero-order chi connectivity index (χ0) is 16.0. The highest BCUT2D eigenvalue weighted by molar-refractivity contribution is 7.99. The minimum absolute atomic E-state index is 0.0628. The second kappa shape index (κ2) is 5.32. The fourth-order valence-electron chi connectivity index (χ4n) is 2.75. The summed E-state index contributed by atoms with van der Waals surface area (Å²) in [5.74, 6) is 0. The Balaban J connectivity index is 1.91. The Morgan fingerprint density at radius 1 is 1.09 bits per heavy atom. The van der Waals surface area contributed by atoms with Crippen molar-refractivity contribution in [3.8, 4) is 0 Å². The predicted octanol–water partition coefficient (Wildman–Crippen LogP) is 5.15. The molecule has 0 aliphatic carbocycles. The van der Waals surface area contributed by atoms with Gasteiger partial charge in [-0.2, -0.15) is 13.2 Å². The number of hydrogen-bond acceptors (Lipinski definition) is 2. The highest BCUT2D eigenvalue weighted by Gasteiger charge is 2.36. The summed E-state index contributed by atoms with van der Waals surface area (Å²) in [5, 5.41) is 10.6. The third-order valence-corrected chi connectivity index (χ3v) is 5.26. The van der Waals surface area contributed by atoms with E-state index >= 15 is 0 Å². The van der Waals surface area contributed by atoms with Crippen molar-refractivity contribution in [3.05, 3.63) is 65.2 Å². The molecule has 0 aromatic heterocycles. The Morgan fingerprint density at radius 2 is 1.73 bits per heavy atom. The molecule has 1 N–H and O–H groups in total. The second-order valence-corrected chi connectivity index (χ2v) is 6.94. The molecule has 2 atom stereocenters. The average molecular weight is 324 g/mol. The molecule has 0 saturated carbocycles. The fraction of sp³-hybridized carbons (Fsp3) is 0.294. The molecular formula is C17H15F3OS. The monoisotopic (exact) mass is 324 g/mol. The van der Waals surface area contributed by atoms with Crippen LogP contribution in [0.5, 0.6) is 0 Å². The van der Waals surface area contributed by atoms with E-state index in [1.807, 2.05) is 24.3 Å². The van der Waals surface area contributed by atoms with Crippen LogP contribution in [0.4, 0.5) is 13.2 Å². The maximum absolute atomic E-state index is 12.6. The van der Waals surface area contributed by atoms with E-state index < -0.39 is 17.3 Å². The Labute approximate surface area is 131 Å². The number of rotatable bonds is 1. The van der Waals surface area contributed by atoms with Crippen molar-refractivity contribution in [2.24, 2.45) is 0 Å². The first-order chi connectivity index (χ1) is 10.3. The molecule has 1 aliphatic heterocycles. The Hall–Kier alpha value is -1.46. The quantitative estimate of drug-likeness (QED) is 0.783. The van der Waals surface area contributed by atoms with Crippen LogP contribution in [0.3, 0.4) is 0 Å². The van der Waals surface area contributed by atoms with Crippen LogP contribution in [0.2, 0.25) is 0 Å². The Kier molecular flexibility index (Phi) is 3.73. The zero-order valence-corrected chi connectivity index (χ0v) is 12.7. The van der Waals surface area contributed by atoms with Crippen molar-refractivity contribution < 1.29 is 18.3 Å². The van der Waals surface area contributed by atoms with Crippen molar-refractivity contribution in [1.29, 1.82) is 0 Å². The number of benzene rings is 2. The number of halogens is 3. The number of fused-ring (bicyclic) bond motifs is 1. The van der Waals surface area contributed by atoms with Crippen LogP contribution >= 0.6 is 11.8 Å². The molecule has 1 heterocycles. The van der Waals surface area contributed by atoms with E-state index in [-0.39, 0.29) is 5.25 Å². The molecule has 1 nitrogen and oxygen atoms in total. The minimum Gasteiger partial charge on any atom is -0.385 e. The first-order valence-electron chi connectivity index (χ1n) is 6.93. The third kappa shape index (κ3) is 2.88. The molecule has 0 amide bonds. The van der Waals surface area contributed by atoms with E-state index in [0.29, 0.717) is 6.42 Å². The second-order valence-electron chi connectivity index (χ2n) is 5.70. The maximum Gasteiger partial charge on any atom is 0.416 e. The van der Waals surface area contributed by atoms with Crippen LogP contribution in [-0.2, 0) is 11.8 Å². The van der Waals surface area contributed by atoms with Gasteiger partial charge in [-0.1, -0.05) is 30.3 Å². The van der Waals surface area contributed by atoms with Crippen molar-refractivity contribution in [1.82, 2.24) is 0 Å². The van der Waals surface area contributed by atoms with E-state index in [4.69, 9.17) is 0 Å². The summed E-state index contributed by atoms with van der Waals surface area (Å²) in [6.45, 7) is 1.75. The molecule has 2 aromatic carbocycles. The van der Waals surface area contributed by atoms with Gasteiger partial charge in [0.25, 0.3) is 0 Å². The van der Waals surface area contributed by atoms with Crippen LogP contribution in [0, 0.1) is 0 Å². The third-order valence-electron chi connectivity index (χ3n) is 3.93. The molecule has 0 unspecified atom stereocenters. The van der Waals surface area contributed by atoms with Gasteiger partial charge in [0, 0.05) is 10.1 Å². The lowest BCUT2D eigenvalue weighted by Gasteiger charge is -2.36. The summed E-state index contributed by atoms with van der Waals surface area (Å²) in [7, 11) is 0. The number of aliphatic hydroxyl groups is 1. The van der Waals surface area contributed by atoms with Crippen LogP contribution in [0.15, 0.2) is 53.4 Å². The normalized spacial score (nSPS) is 24.9. The van der Waals surface area contributed by atoms with Gasteiger partial charge in [0.2, 0.25) is 0 Å². The molecule has 3 rings (SSSR count). The Bertz CT molecular complexity index is 677. The summed E-state index contributed by atoms with van der Waals surface area (Å²) in [6.07, 6.45) is -3.85. The fourth-order valence-corrected chi connectivity index (χ4v) is 4.33. The largest absolute Gasteiger partial charge is 0.416 e. The summed E-state index contributed by atoms with van der Waals surface area (Å²) in [5.41, 5.74) is 0.0509. The molecule has 0 saturated heterocycles. The predicted molar refractivity (Wildman–Crippen MR) is 80.7 cm³/mol. The molecule has 0 bridgehead atoms. The van der Waals surface area contributed by atoms with E-state index in [9.17, 15) is 18.3 Å². The highest BCUT2D eigenvalue weighted by Crippen LogP contribution is 2.51. The summed E-state index contributed by atoms with van der Waals surface area (Å²) in [6, 6.07) is 12.8. The average Bonchev–Trinajstić information content (AvgIpc) is 2.46. The van der Waals surface area contributed by atoms with Gasteiger partial charge < -0.3 is 5.11 Å². The summed E-state index contributed by atoms with van der Waals surface area (Å²) < 4.78 is 37.9. The van der Waals surface area contributed by atoms with Gasteiger partial charge in [0.15, 0.2) is 0 Å². The molecule has 22 heavy (non-hydrogen) atoms. The van der Waals surface area contributed by atoms with Gasteiger partial charge in [0.05, 0.1) is 11.2 Å². The molecule has 2 aromatic rings. The molecule has 0 spiro atoms. The van der Waals surface area contributed by atoms with Crippen LogP contribution in [-0.4, -0.2) is 5.11 Å². The number of hydrogen-bond donors (Lipinski definition) is 1. The first kappa shape index (κ1) is 15.4. The first-order valence-corrected chi connectivity index (χ1v) is 7.81. The van der Waals surface area contributed by atoms with E-state index in [0.717, 1.165) is 28.2 Å². The van der Waals surface area contributed by atoms with Crippen LogP contribution in [0.25, 0.3) is 0 Å². The summed E-state index contributed by atoms with van der Waals surface area (Å²) >= 11 is 1.58. The lowest BCUT2D eigenvalue weighted by atomic mass is 9.88. The van der Waals surface area contributed by atoms with E-state index in [1.165, 1.54) is 12.1 Å². The molecule has 0 radical (unpaired) electrons. The van der Waals surface area contributed by atoms with Crippen molar-refractivity contribution >= 4 is 11.8 Å². The minimum atomic E-state index is -4.32. The molecular weight excluding hydrogens is 309 g/mol. The molecule has 0 fully saturated rings. The van der Waals surface area contributed by atoms with Crippen molar-refractivity contribution in [2.75, 3.05) is 0 Å². The summed E-state index contributed by atoms with van der Waals surface area (Å²) in [4.78, 5) is 0.976.